The number of rotatable bonds is 0. The first-order valence-electron chi connectivity index (χ1n) is 5.49. The Morgan fingerprint density at radius 2 is 1.33 bits per heavy atom. The molecule has 1 aliphatic rings. The van der Waals surface area contributed by atoms with Crippen molar-refractivity contribution in [3.8, 4) is 0 Å². The maximum Gasteiger partial charge on any atom is -0.0349 e. The molecule has 0 spiro atoms. The van der Waals surface area contributed by atoms with Gasteiger partial charge in [0.1, 0.15) is 0 Å². The van der Waals surface area contributed by atoms with E-state index >= 15 is 0 Å². The van der Waals surface area contributed by atoms with E-state index in [0.29, 0.717) is 5.41 Å². The van der Waals surface area contributed by atoms with Crippen molar-refractivity contribution < 1.29 is 0 Å². The summed E-state index contributed by atoms with van der Waals surface area (Å²) >= 11 is 0. The zero-order valence-corrected chi connectivity index (χ0v) is 9.19. The molecule has 0 aromatic rings. The van der Waals surface area contributed by atoms with Crippen molar-refractivity contribution in [2.24, 2.45) is 17.3 Å². The van der Waals surface area contributed by atoms with Crippen LogP contribution in [-0.4, -0.2) is 0 Å². The van der Waals surface area contributed by atoms with Gasteiger partial charge in [-0.15, -0.1) is 0 Å². The van der Waals surface area contributed by atoms with Gasteiger partial charge in [0.2, 0.25) is 0 Å². The molecule has 72 valence electrons. The topological polar surface area (TPSA) is 0 Å². The third-order valence-electron chi connectivity index (χ3n) is 3.20. The van der Waals surface area contributed by atoms with Gasteiger partial charge in [-0.1, -0.05) is 47.0 Å². The third-order valence-corrected chi connectivity index (χ3v) is 3.20. The van der Waals surface area contributed by atoms with Gasteiger partial charge in [-0.25, -0.2) is 0 Å². The smallest absolute Gasteiger partial charge is 0.0349 e. The highest BCUT2D eigenvalue weighted by molar-refractivity contribution is 4.77. The maximum atomic E-state index is 2.44. The molecule has 0 N–H and O–H groups in total. The maximum absolute atomic E-state index is 2.44. The van der Waals surface area contributed by atoms with E-state index in [0.717, 1.165) is 11.8 Å². The fraction of sp³-hybridized carbons (Fsp3) is 1.00. The predicted octanol–water partition coefficient (Wildman–Crippen LogP) is 4.25. The Morgan fingerprint density at radius 1 is 0.917 bits per heavy atom. The summed E-state index contributed by atoms with van der Waals surface area (Å²) in [4.78, 5) is 0. The van der Waals surface area contributed by atoms with Crippen LogP contribution in [0.5, 0.6) is 0 Å². The van der Waals surface area contributed by atoms with Crippen molar-refractivity contribution in [1.29, 1.82) is 0 Å². The molecule has 0 aromatic carbocycles. The fourth-order valence-corrected chi connectivity index (χ4v) is 2.99. The number of hydrogen-bond donors (Lipinski definition) is 0. The largest absolute Gasteiger partial charge is 0.0625 e. The Labute approximate surface area is 77.7 Å². The summed E-state index contributed by atoms with van der Waals surface area (Å²) in [6.45, 7) is 9.70. The Hall–Kier alpha value is 0. The van der Waals surface area contributed by atoms with E-state index in [1.165, 1.54) is 32.1 Å². The van der Waals surface area contributed by atoms with Crippen LogP contribution in [0, 0.1) is 17.3 Å². The Balaban J connectivity index is 2.51. The van der Waals surface area contributed by atoms with E-state index in [4.69, 9.17) is 0 Å². The van der Waals surface area contributed by atoms with Gasteiger partial charge in [0.05, 0.1) is 0 Å². The van der Waals surface area contributed by atoms with Crippen molar-refractivity contribution in [3.05, 3.63) is 0 Å². The average Bonchev–Trinajstić information content (AvgIpc) is 1.81. The zero-order chi connectivity index (χ0) is 9.19. The summed E-state index contributed by atoms with van der Waals surface area (Å²) in [5, 5.41) is 0. The minimum Gasteiger partial charge on any atom is -0.0625 e. The highest BCUT2D eigenvalue weighted by Crippen LogP contribution is 2.37. The quantitative estimate of drug-likeness (QED) is 0.507. The van der Waals surface area contributed by atoms with E-state index in [2.05, 4.69) is 27.7 Å². The van der Waals surface area contributed by atoms with Crippen LogP contribution in [0.4, 0.5) is 0 Å². The van der Waals surface area contributed by atoms with Crippen LogP contribution in [0.1, 0.15) is 59.8 Å². The first-order chi connectivity index (χ1) is 5.49. The lowest BCUT2D eigenvalue weighted by atomic mass is 9.72. The Bertz CT molecular complexity index is 121. The van der Waals surface area contributed by atoms with E-state index in [9.17, 15) is 0 Å². The molecule has 0 amide bonds. The van der Waals surface area contributed by atoms with Gasteiger partial charge in [-0.2, -0.15) is 0 Å². The Kier molecular flexibility index (Phi) is 3.20. The molecule has 0 radical (unpaired) electrons. The molecule has 0 aromatic heterocycles. The van der Waals surface area contributed by atoms with Crippen molar-refractivity contribution in [3.63, 3.8) is 0 Å². The van der Waals surface area contributed by atoms with Gasteiger partial charge in [0.25, 0.3) is 0 Å². The summed E-state index contributed by atoms with van der Waals surface area (Å²) in [6.07, 6.45) is 7.22. The second-order valence-corrected chi connectivity index (χ2v) is 5.71. The summed E-state index contributed by atoms with van der Waals surface area (Å²) in [5.41, 5.74) is 0.596. The molecule has 0 heterocycles. The van der Waals surface area contributed by atoms with Crippen LogP contribution in [0.3, 0.4) is 0 Å². The first-order valence-corrected chi connectivity index (χ1v) is 5.49. The van der Waals surface area contributed by atoms with Crippen LogP contribution in [0.15, 0.2) is 0 Å². The minimum absolute atomic E-state index is 0.596. The molecule has 0 bridgehead atoms. The van der Waals surface area contributed by atoms with Crippen molar-refractivity contribution in [2.45, 2.75) is 59.8 Å². The van der Waals surface area contributed by atoms with Gasteiger partial charge >= 0.3 is 0 Å². The summed E-state index contributed by atoms with van der Waals surface area (Å²) in [5.74, 6) is 1.90. The molecule has 2 atom stereocenters. The van der Waals surface area contributed by atoms with E-state index in [1.807, 2.05) is 0 Å². The normalized spacial score (nSPS) is 37.0. The molecule has 1 aliphatic carbocycles. The lowest BCUT2D eigenvalue weighted by Gasteiger charge is -2.33. The van der Waals surface area contributed by atoms with Gasteiger partial charge in [-0.05, 0) is 30.1 Å². The predicted molar refractivity (Wildman–Crippen MR) is 55.2 cm³/mol. The lowest BCUT2D eigenvalue weighted by Crippen LogP contribution is -2.21. The summed E-state index contributed by atoms with van der Waals surface area (Å²) in [7, 11) is 0. The summed E-state index contributed by atoms with van der Waals surface area (Å²) in [6, 6.07) is 0. The van der Waals surface area contributed by atoms with E-state index in [-0.39, 0.29) is 0 Å². The minimum atomic E-state index is 0.596. The van der Waals surface area contributed by atoms with Crippen LogP contribution in [0.25, 0.3) is 0 Å². The molecule has 0 aliphatic heterocycles. The average molecular weight is 168 g/mol. The molecule has 12 heavy (non-hydrogen) atoms. The van der Waals surface area contributed by atoms with Gasteiger partial charge in [0, 0.05) is 0 Å². The first kappa shape index (κ1) is 10.1. The van der Waals surface area contributed by atoms with Crippen LogP contribution in [0.2, 0.25) is 0 Å². The summed E-state index contributed by atoms with van der Waals surface area (Å²) < 4.78 is 0. The van der Waals surface area contributed by atoms with E-state index < -0.39 is 0 Å². The van der Waals surface area contributed by atoms with Crippen molar-refractivity contribution in [1.82, 2.24) is 0 Å². The Morgan fingerprint density at radius 3 is 1.75 bits per heavy atom. The van der Waals surface area contributed by atoms with E-state index in [1.54, 1.807) is 0 Å². The molecule has 0 nitrogen and oxygen atoms in total. The van der Waals surface area contributed by atoms with Crippen LogP contribution in [-0.2, 0) is 0 Å². The second kappa shape index (κ2) is 3.81. The molecule has 0 saturated heterocycles. The number of hydrogen-bond acceptors (Lipinski definition) is 0. The molecular weight excluding hydrogens is 144 g/mol. The highest BCUT2D eigenvalue weighted by Gasteiger charge is 2.25. The van der Waals surface area contributed by atoms with Crippen molar-refractivity contribution >= 4 is 0 Å². The zero-order valence-electron chi connectivity index (χ0n) is 9.19. The molecule has 1 saturated carbocycles. The van der Waals surface area contributed by atoms with Gasteiger partial charge < -0.3 is 0 Å². The highest BCUT2D eigenvalue weighted by atomic mass is 14.3. The van der Waals surface area contributed by atoms with Crippen LogP contribution < -0.4 is 0 Å². The molecular formula is C12H24. The third kappa shape index (κ3) is 3.16. The molecule has 1 fully saturated rings. The van der Waals surface area contributed by atoms with Gasteiger partial charge in [0.15, 0.2) is 0 Å². The van der Waals surface area contributed by atoms with Crippen LogP contribution >= 0.6 is 0 Å². The SMILES string of the molecule is CC1CCCC(C)CC(C)(C)C1. The lowest BCUT2D eigenvalue weighted by molar-refractivity contribution is 0.184. The molecule has 2 unspecified atom stereocenters. The standard InChI is InChI=1S/C12H24/c1-10-6-5-7-11(2)9-12(3,4)8-10/h10-11H,5-9H2,1-4H3. The van der Waals surface area contributed by atoms with Gasteiger partial charge in [-0.3, -0.25) is 0 Å². The fourth-order valence-electron chi connectivity index (χ4n) is 2.99. The molecule has 1 rings (SSSR count). The molecule has 0 heteroatoms. The monoisotopic (exact) mass is 168 g/mol. The second-order valence-electron chi connectivity index (χ2n) is 5.71. The van der Waals surface area contributed by atoms with Crippen molar-refractivity contribution in [2.75, 3.05) is 0 Å².